The summed E-state index contributed by atoms with van der Waals surface area (Å²) in [6.07, 6.45) is -2.37. The molecule has 0 saturated carbocycles. The number of hydrogen-bond donors (Lipinski definition) is 2. The van der Waals surface area contributed by atoms with E-state index < -0.39 is 22.1 Å². The summed E-state index contributed by atoms with van der Waals surface area (Å²) in [5, 5.41) is 9.84. The fourth-order valence-corrected chi connectivity index (χ4v) is 5.68. The number of ether oxygens (including phenoxy) is 1. The highest BCUT2D eigenvalue weighted by Crippen LogP contribution is 2.31. The quantitative estimate of drug-likeness (QED) is 0.371. The highest BCUT2D eigenvalue weighted by Gasteiger charge is 2.31. The Hall–Kier alpha value is -4.15. The van der Waals surface area contributed by atoms with Gasteiger partial charge in [-0.15, -0.1) is 13.2 Å². The molecule has 9 nitrogen and oxygen atoms in total. The number of aromatic amines is 1. The van der Waals surface area contributed by atoms with Crippen LogP contribution >= 0.6 is 0 Å². The topological polar surface area (TPSA) is 124 Å². The van der Waals surface area contributed by atoms with Crippen LogP contribution in [0.25, 0.3) is 22.3 Å². The van der Waals surface area contributed by atoms with E-state index in [1.165, 1.54) is 6.33 Å². The number of hydrogen-bond acceptors (Lipinski definition) is 7. The Morgan fingerprint density at radius 3 is 2.37 bits per heavy atom. The number of H-pyrrole nitrogens is 1. The molecule has 2 aromatic carbocycles. The first-order valence-electron chi connectivity index (χ1n) is 11.6. The van der Waals surface area contributed by atoms with Crippen LogP contribution in [0.1, 0.15) is 18.4 Å². The third-order valence-corrected chi connectivity index (χ3v) is 7.75. The fourth-order valence-electron chi connectivity index (χ4n) is 4.38. The van der Waals surface area contributed by atoms with Crippen LogP contribution < -0.4 is 14.4 Å². The molecular formula is C25H21F3N6O3S. The van der Waals surface area contributed by atoms with E-state index in [-0.39, 0.29) is 10.9 Å². The summed E-state index contributed by atoms with van der Waals surface area (Å²) >= 11 is 0. The number of sulfonamides is 1. The van der Waals surface area contributed by atoms with E-state index >= 15 is 0 Å². The molecule has 0 spiro atoms. The first kappa shape index (κ1) is 25.5. The maximum absolute atomic E-state index is 12.8. The molecule has 0 bridgehead atoms. The Morgan fingerprint density at radius 1 is 1.05 bits per heavy atom. The van der Waals surface area contributed by atoms with Crippen molar-refractivity contribution in [2.45, 2.75) is 30.1 Å². The Kier molecular flexibility index (Phi) is 6.68. The number of fused-ring (bicyclic) bond motifs is 1. The molecule has 1 fully saturated rings. The maximum Gasteiger partial charge on any atom is 0.573 e. The first-order chi connectivity index (χ1) is 18.1. The van der Waals surface area contributed by atoms with Crippen molar-refractivity contribution in [3.63, 3.8) is 0 Å². The van der Waals surface area contributed by atoms with Gasteiger partial charge >= 0.3 is 6.36 Å². The van der Waals surface area contributed by atoms with Crippen molar-refractivity contribution in [1.29, 1.82) is 5.26 Å². The summed E-state index contributed by atoms with van der Waals surface area (Å²) in [7, 11) is -3.93. The summed E-state index contributed by atoms with van der Waals surface area (Å²) in [5.74, 6) is 0.237. The number of nitriles is 1. The standard InChI is InChI=1S/C25H21F3N6O3S/c26-25(27,28)37-19-5-7-20(8-6-19)38(35,36)33-18-9-11-34(12-10-18)24-21-13-22(32-23(21)30-15-31-24)17-3-1-16(14-29)2-4-17/h1-8,13,15,18,33H,9-12H2,(H,30,31,32). The van der Waals surface area contributed by atoms with Gasteiger partial charge in [0.1, 0.15) is 23.5 Å². The normalized spacial score (nSPS) is 14.9. The van der Waals surface area contributed by atoms with Gasteiger partial charge < -0.3 is 14.6 Å². The lowest BCUT2D eigenvalue weighted by molar-refractivity contribution is -0.274. The molecular weight excluding hydrogens is 521 g/mol. The third kappa shape index (κ3) is 5.56. The van der Waals surface area contributed by atoms with Gasteiger partial charge in [0.2, 0.25) is 10.0 Å². The number of anilines is 1. The zero-order valence-electron chi connectivity index (χ0n) is 19.7. The lowest BCUT2D eigenvalue weighted by Gasteiger charge is -2.33. The van der Waals surface area contributed by atoms with E-state index in [0.717, 1.165) is 46.7 Å². The lowest BCUT2D eigenvalue weighted by Crippen LogP contribution is -2.44. The van der Waals surface area contributed by atoms with Gasteiger partial charge in [0.05, 0.1) is 21.9 Å². The predicted molar refractivity (Wildman–Crippen MR) is 133 cm³/mol. The van der Waals surface area contributed by atoms with Gasteiger partial charge in [-0.05, 0) is 60.9 Å². The monoisotopic (exact) mass is 542 g/mol. The van der Waals surface area contributed by atoms with Gasteiger partial charge in [-0.25, -0.2) is 23.1 Å². The zero-order valence-corrected chi connectivity index (χ0v) is 20.6. The van der Waals surface area contributed by atoms with E-state index in [0.29, 0.717) is 37.1 Å². The van der Waals surface area contributed by atoms with Gasteiger partial charge in [0, 0.05) is 24.8 Å². The van der Waals surface area contributed by atoms with Crippen LogP contribution in [0, 0.1) is 11.3 Å². The molecule has 2 N–H and O–H groups in total. The molecule has 0 unspecified atom stereocenters. The maximum atomic E-state index is 12.8. The average Bonchev–Trinajstić information content (AvgIpc) is 3.33. The van der Waals surface area contributed by atoms with E-state index in [1.54, 1.807) is 12.1 Å². The van der Waals surface area contributed by atoms with Gasteiger partial charge in [0.15, 0.2) is 0 Å². The minimum Gasteiger partial charge on any atom is -0.406 e. The number of piperidine rings is 1. The summed E-state index contributed by atoms with van der Waals surface area (Å²) in [4.78, 5) is 14.0. The number of aromatic nitrogens is 3. The van der Waals surface area contributed by atoms with Crippen molar-refractivity contribution in [3.8, 4) is 23.1 Å². The number of benzene rings is 2. The minimum atomic E-state index is -4.85. The molecule has 3 heterocycles. The van der Waals surface area contributed by atoms with Crippen LogP contribution in [-0.2, 0) is 10.0 Å². The minimum absolute atomic E-state index is 0.144. The smallest absolute Gasteiger partial charge is 0.406 e. The molecule has 196 valence electrons. The second-order valence-electron chi connectivity index (χ2n) is 8.73. The van der Waals surface area contributed by atoms with Crippen LogP contribution in [0.15, 0.2) is 65.8 Å². The molecule has 1 aliphatic heterocycles. The van der Waals surface area contributed by atoms with Gasteiger partial charge in [-0.3, -0.25) is 0 Å². The van der Waals surface area contributed by atoms with Crippen molar-refractivity contribution >= 4 is 26.9 Å². The molecule has 1 aliphatic rings. The summed E-state index contributed by atoms with van der Waals surface area (Å²) in [5.41, 5.74) is 2.96. The van der Waals surface area contributed by atoms with E-state index in [1.807, 2.05) is 18.2 Å². The van der Waals surface area contributed by atoms with Crippen molar-refractivity contribution in [1.82, 2.24) is 19.7 Å². The first-order valence-corrected chi connectivity index (χ1v) is 13.1. The third-order valence-electron chi connectivity index (χ3n) is 6.21. The second kappa shape index (κ2) is 9.96. The summed E-state index contributed by atoms with van der Waals surface area (Å²) in [6.45, 7) is 1.07. The molecule has 38 heavy (non-hydrogen) atoms. The van der Waals surface area contributed by atoms with Gasteiger partial charge in [-0.2, -0.15) is 5.26 Å². The fraction of sp³-hybridized carbons (Fsp3) is 0.240. The molecule has 0 atom stereocenters. The van der Waals surface area contributed by atoms with Crippen LogP contribution in [0.3, 0.4) is 0 Å². The molecule has 5 rings (SSSR count). The SMILES string of the molecule is N#Cc1ccc(-c2cc3c(N4CCC(NS(=O)(=O)c5ccc(OC(F)(F)F)cc5)CC4)ncnc3[nH]2)cc1. The zero-order chi connectivity index (χ0) is 26.9. The summed E-state index contributed by atoms with van der Waals surface area (Å²) in [6, 6.07) is 15.0. The Morgan fingerprint density at radius 2 is 1.74 bits per heavy atom. The number of nitrogens with one attached hydrogen (secondary N) is 2. The summed E-state index contributed by atoms with van der Waals surface area (Å²) < 4.78 is 69.0. The van der Waals surface area contributed by atoms with E-state index in [9.17, 15) is 21.6 Å². The molecule has 2 aromatic heterocycles. The molecule has 0 amide bonds. The molecule has 4 aromatic rings. The highest BCUT2D eigenvalue weighted by atomic mass is 32.2. The van der Waals surface area contributed by atoms with Crippen LogP contribution in [0.4, 0.5) is 19.0 Å². The average molecular weight is 543 g/mol. The number of rotatable bonds is 6. The molecule has 0 aliphatic carbocycles. The highest BCUT2D eigenvalue weighted by molar-refractivity contribution is 7.89. The van der Waals surface area contributed by atoms with E-state index in [4.69, 9.17) is 5.26 Å². The second-order valence-corrected chi connectivity index (χ2v) is 10.4. The van der Waals surface area contributed by atoms with Crippen molar-refractivity contribution in [3.05, 3.63) is 66.5 Å². The molecule has 0 radical (unpaired) electrons. The number of nitrogens with zero attached hydrogens (tertiary/aromatic N) is 4. The van der Waals surface area contributed by atoms with Gasteiger partial charge in [0.25, 0.3) is 0 Å². The molecule has 13 heteroatoms. The number of alkyl halides is 3. The van der Waals surface area contributed by atoms with Crippen molar-refractivity contribution in [2.75, 3.05) is 18.0 Å². The Labute approximate surface area is 215 Å². The van der Waals surface area contributed by atoms with Crippen molar-refractivity contribution < 1.29 is 26.3 Å². The van der Waals surface area contributed by atoms with Crippen LogP contribution in [-0.4, -0.2) is 48.9 Å². The van der Waals surface area contributed by atoms with Crippen LogP contribution in [0.5, 0.6) is 5.75 Å². The molecule has 1 saturated heterocycles. The predicted octanol–water partition coefficient (Wildman–Crippen LogP) is 4.34. The number of halogens is 3. The Bertz CT molecular complexity index is 1590. The van der Waals surface area contributed by atoms with Gasteiger partial charge in [-0.1, -0.05) is 12.1 Å². The largest absolute Gasteiger partial charge is 0.573 e. The van der Waals surface area contributed by atoms with E-state index in [2.05, 4.69) is 35.4 Å². The lowest BCUT2D eigenvalue weighted by atomic mass is 10.1. The van der Waals surface area contributed by atoms with Crippen LogP contribution in [0.2, 0.25) is 0 Å². The Balaban J connectivity index is 1.26. The van der Waals surface area contributed by atoms with Crippen molar-refractivity contribution in [2.24, 2.45) is 0 Å².